The minimum absolute atomic E-state index is 0.0887. The Hall–Kier alpha value is -2.53. The number of carbonyl (C=O) groups excluding carboxylic acids is 2. The molecule has 0 bridgehead atoms. The zero-order valence-corrected chi connectivity index (χ0v) is 14.9. The van der Waals surface area contributed by atoms with Gasteiger partial charge in [0.2, 0.25) is 5.91 Å². The average Bonchev–Trinajstić information content (AvgIpc) is 3.32. The van der Waals surface area contributed by atoms with Crippen molar-refractivity contribution in [3.63, 3.8) is 0 Å². The van der Waals surface area contributed by atoms with Crippen molar-refractivity contribution in [2.75, 3.05) is 18.4 Å². The molecule has 6 nitrogen and oxygen atoms in total. The fraction of sp³-hybridized carbons (Fsp3) is 0.588. The molecule has 1 aliphatic heterocycles. The van der Waals surface area contributed by atoms with E-state index in [-0.39, 0.29) is 37.8 Å². The molecule has 2 aliphatic rings. The number of ether oxygens (including phenoxy) is 1. The van der Waals surface area contributed by atoms with Crippen molar-refractivity contribution in [2.24, 2.45) is 11.3 Å². The predicted molar refractivity (Wildman–Crippen MR) is 86.6 cm³/mol. The van der Waals surface area contributed by atoms with Crippen LogP contribution in [0, 0.1) is 11.3 Å². The quantitative estimate of drug-likeness (QED) is 0.749. The van der Waals surface area contributed by atoms with Gasteiger partial charge in [-0.1, -0.05) is 6.07 Å². The van der Waals surface area contributed by atoms with Gasteiger partial charge in [-0.15, -0.1) is 0 Å². The minimum atomic E-state index is -5.75. The zero-order chi connectivity index (χ0) is 21.4. The Morgan fingerprint density at radius 1 is 1.14 bits per heavy atom. The number of hydrogen-bond donors (Lipinski definition) is 1. The smallest absolute Gasteiger partial charge is 0.426 e. The Balaban J connectivity index is 1.53. The van der Waals surface area contributed by atoms with Gasteiger partial charge in [-0.05, 0) is 36.8 Å². The highest BCUT2D eigenvalue weighted by atomic mass is 19.4. The summed E-state index contributed by atoms with van der Waals surface area (Å²) >= 11 is 0. The number of aromatic nitrogens is 1. The maximum atomic E-state index is 12.5. The molecule has 0 unspecified atom stereocenters. The summed E-state index contributed by atoms with van der Waals surface area (Å²) in [6.45, 7) is -0.177. The zero-order valence-electron chi connectivity index (χ0n) is 14.9. The third kappa shape index (κ3) is 4.73. The number of rotatable bonds is 3. The number of anilines is 1. The predicted octanol–water partition coefficient (Wildman–Crippen LogP) is 3.75. The van der Waals surface area contributed by atoms with Crippen LogP contribution >= 0.6 is 0 Å². The Kier molecular flexibility index (Phi) is 5.39. The van der Waals surface area contributed by atoms with Crippen LogP contribution < -0.4 is 5.32 Å². The van der Waals surface area contributed by atoms with Crippen LogP contribution in [-0.4, -0.2) is 53.4 Å². The van der Waals surface area contributed by atoms with Gasteiger partial charge in [0.25, 0.3) is 6.10 Å². The summed E-state index contributed by atoms with van der Waals surface area (Å²) in [5.74, 6) is -0.222. The summed E-state index contributed by atoms with van der Waals surface area (Å²) in [4.78, 5) is 28.9. The third-order valence-corrected chi connectivity index (χ3v) is 5.25. The first-order valence-corrected chi connectivity index (χ1v) is 8.73. The largest absolute Gasteiger partial charge is 0.434 e. The maximum Gasteiger partial charge on any atom is 0.434 e. The third-order valence-electron chi connectivity index (χ3n) is 5.25. The number of amides is 2. The van der Waals surface area contributed by atoms with E-state index in [4.69, 9.17) is 0 Å². The maximum absolute atomic E-state index is 12.5. The van der Waals surface area contributed by atoms with Crippen LogP contribution in [0.25, 0.3) is 0 Å². The van der Waals surface area contributed by atoms with Crippen LogP contribution in [0.15, 0.2) is 24.4 Å². The van der Waals surface area contributed by atoms with Gasteiger partial charge in [0.05, 0.1) is 0 Å². The molecule has 3 rings (SSSR count). The van der Waals surface area contributed by atoms with Crippen LogP contribution in [0.4, 0.5) is 37.0 Å². The highest BCUT2D eigenvalue weighted by Crippen LogP contribution is 2.59. The number of pyridine rings is 1. The van der Waals surface area contributed by atoms with Gasteiger partial charge in [-0.2, -0.15) is 26.3 Å². The molecule has 1 N–H and O–H groups in total. The summed E-state index contributed by atoms with van der Waals surface area (Å²) in [5, 5.41) is 2.66. The van der Waals surface area contributed by atoms with Crippen LogP contribution in [-0.2, 0) is 9.53 Å². The van der Waals surface area contributed by atoms with Crippen molar-refractivity contribution in [2.45, 2.75) is 37.7 Å². The molecule has 2 amide bonds. The summed E-state index contributed by atoms with van der Waals surface area (Å²) in [6.07, 6.45) is -14.7. The van der Waals surface area contributed by atoms with Crippen molar-refractivity contribution in [3.05, 3.63) is 24.4 Å². The second-order valence-electron chi connectivity index (χ2n) is 7.16. The van der Waals surface area contributed by atoms with Crippen molar-refractivity contribution in [1.82, 2.24) is 9.88 Å². The Morgan fingerprint density at radius 3 is 2.28 bits per heavy atom. The van der Waals surface area contributed by atoms with E-state index in [0.29, 0.717) is 12.2 Å². The van der Waals surface area contributed by atoms with Gasteiger partial charge in [0, 0.05) is 25.2 Å². The van der Waals surface area contributed by atoms with Gasteiger partial charge in [-0.25, -0.2) is 9.78 Å². The van der Waals surface area contributed by atoms with Crippen molar-refractivity contribution in [3.8, 4) is 0 Å². The number of likely N-dealkylation sites (tertiary alicyclic amines) is 1. The minimum Gasteiger partial charge on any atom is -0.426 e. The van der Waals surface area contributed by atoms with Crippen LogP contribution in [0.5, 0.6) is 0 Å². The van der Waals surface area contributed by atoms with Crippen molar-refractivity contribution in [1.29, 1.82) is 0 Å². The lowest BCUT2D eigenvalue weighted by atomic mass is 9.91. The molecule has 1 atom stereocenters. The second-order valence-corrected chi connectivity index (χ2v) is 7.16. The number of hydrogen-bond acceptors (Lipinski definition) is 4. The molecular weight excluding hydrogens is 408 g/mol. The molecule has 12 heteroatoms. The molecule has 2 fully saturated rings. The lowest BCUT2D eigenvalue weighted by molar-refractivity contribution is -0.308. The van der Waals surface area contributed by atoms with E-state index in [0.717, 1.165) is 4.90 Å². The molecule has 1 saturated carbocycles. The van der Waals surface area contributed by atoms with Gasteiger partial charge in [-0.3, -0.25) is 4.79 Å². The van der Waals surface area contributed by atoms with E-state index in [1.54, 1.807) is 18.2 Å². The van der Waals surface area contributed by atoms with E-state index in [1.807, 2.05) is 0 Å². The van der Waals surface area contributed by atoms with Crippen LogP contribution in [0.3, 0.4) is 0 Å². The molecule has 29 heavy (non-hydrogen) atoms. The first-order chi connectivity index (χ1) is 13.4. The second kappa shape index (κ2) is 7.38. The monoisotopic (exact) mass is 425 g/mol. The van der Waals surface area contributed by atoms with Crippen molar-refractivity contribution < 1.29 is 40.7 Å². The fourth-order valence-corrected chi connectivity index (χ4v) is 3.55. The number of alkyl halides is 6. The highest BCUT2D eigenvalue weighted by Gasteiger charge is 2.61. The number of nitrogens with one attached hydrogen (secondary N) is 1. The molecule has 1 aliphatic carbocycles. The van der Waals surface area contributed by atoms with Gasteiger partial charge >= 0.3 is 18.4 Å². The standard InChI is InChI=1S/C17H17F6N3O3/c18-16(19,20)13(17(21,22)23)29-14(28)26-7-4-15(5-8-26)9-10(15)12(27)25-11-3-1-2-6-24-11/h1-3,6,10,13H,4-5,7-9H2,(H,24,25,27)/t10-/m1/s1. The van der Waals surface area contributed by atoms with Crippen molar-refractivity contribution >= 4 is 17.8 Å². The molecule has 0 radical (unpaired) electrons. The van der Waals surface area contributed by atoms with Gasteiger partial charge < -0.3 is 15.0 Å². The number of nitrogens with zero attached hydrogens (tertiary/aromatic N) is 2. The molecule has 1 saturated heterocycles. The molecule has 160 valence electrons. The van der Waals surface area contributed by atoms with Crippen LogP contribution in [0.1, 0.15) is 19.3 Å². The number of carbonyl (C=O) groups is 2. The fourth-order valence-electron chi connectivity index (χ4n) is 3.55. The first-order valence-electron chi connectivity index (χ1n) is 8.73. The summed E-state index contributed by atoms with van der Waals surface area (Å²) in [5.41, 5.74) is -0.414. The lowest BCUT2D eigenvalue weighted by Crippen LogP contribution is -2.49. The van der Waals surface area contributed by atoms with E-state index in [1.165, 1.54) is 6.20 Å². The van der Waals surface area contributed by atoms with E-state index >= 15 is 0 Å². The van der Waals surface area contributed by atoms with E-state index in [2.05, 4.69) is 15.0 Å². The first kappa shape index (κ1) is 21.2. The normalized spacial score (nSPS) is 21.2. The lowest BCUT2D eigenvalue weighted by Gasteiger charge is -2.33. The Labute approximate surface area is 161 Å². The van der Waals surface area contributed by atoms with E-state index in [9.17, 15) is 35.9 Å². The molecule has 1 spiro atoms. The summed E-state index contributed by atoms with van der Waals surface area (Å²) < 4.78 is 78.9. The average molecular weight is 425 g/mol. The summed E-state index contributed by atoms with van der Waals surface area (Å²) in [7, 11) is 0. The number of piperidine rings is 1. The van der Waals surface area contributed by atoms with Gasteiger partial charge in [0.1, 0.15) is 5.82 Å². The Morgan fingerprint density at radius 2 is 1.76 bits per heavy atom. The summed E-state index contributed by atoms with van der Waals surface area (Å²) in [6, 6.07) is 5.00. The molecular formula is C17H17F6N3O3. The van der Waals surface area contributed by atoms with E-state index < -0.39 is 30.0 Å². The Bertz CT molecular complexity index is 746. The topological polar surface area (TPSA) is 71.5 Å². The number of halogens is 6. The molecule has 0 aromatic carbocycles. The molecule has 2 heterocycles. The van der Waals surface area contributed by atoms with Crippen LogP contribution in [0.2, 0.25) is 0 Å². The molecule has 1 aromatic rings. The molecule has 1 aromatic heterocycles. The van der Waals surface area contributed by atoms with Gasteiger partial charge in [0.15, 0.2) is 0 Å². The highest BCUT2D eigenvalue weighted by molar-refractivity contribution is 5.94. The SMILES string of the molecule is O=C(Nc1ccccn1)[C@H]1CC12CCN(C(=O)OC(C(F)(F)F)C(F)(F)F)CC2.